The number of rotatable bonds is 1. The van der Waals surface area contributed by atoms with Crippen LogP contribution >= 0.6 is 22.7 Å². The molecule has 110 valence electrons. The van der Waals surface area contributed by atoms with Gasteiger partial charge < -0.3 is 0 Å². The molecule has 0 atom stereocenters. The molecule has 2 aromatic heterocycles. The van der Waals surface area contributed by atoms with Crippen LogP contribution in [-0.2, 0) is 6.18 Å². The van der Waals surface area contributed by atoms with Crippen molar-refractivity contribution in [2.75, 3.05) is 0 Å². The summed E-state index contributed by atoms with van der Waals surface area (Å²) in [5.41, 5.74) is 1.98. The summed E-state index contributed by atoms with van der Waals surface area (Å²) < 4.78 is 39.0. The molecule has 0 saturated carbocycles. The molecule has 0 radical (unpaired) electrons. The molecule has 0 fully saturated rings. The van der Waals surface area contributed by atoms with Crippen molar-refractivity contribution >= 4 is 32.9 Å². The first kappa shape index (κ1) is 14.5. The van der Waals surface area contributed by atoms with Crippen molar-refractivity contribution in [3.8, 4) is 10.6 Å². The highest BCUT2D eigenvalue weighted by Gasteiger charge is 2.31. The highest BCUT2D eigenvalue weighted by molar-refractivity contribution is 7.22. The largest absolute Gasteiger partial charge is 0.416 e. The third-order valence-corrected chi connectivity index (χ3v) is 5.67. The quantitative estimate of drug-likeness (QED) is 0.536. The number of hydrogen-bond donors (Lipinski definition) is 0. The Morgan fingerprint density at radius 2 is 1.71 bits per heavy atom. The minimum absolute atomic E-state index is 0.410. The van der Waals surface area contributed by atoms with E-state index in [0.717, 1.165) is 37.8 Å². The third-order valence-electron chi connectivity index (χ3n) is 3.49. The van der Waals surface area contributed by atoms with E-state index in [0.29, 0.717) is 5.52 Å². The van der Waals surface area contributed by atoms with Gasteiger partial charge in [-0.3, -0.25) is 0 Å². The predicted octanol–water partition coefficient (Wildman–Crippen LogP) is 5.97. The maximum atomic E-state index is 12.8. The van der Waals surface area contributed by atoms with Crippen molar-refractivity contribution < 1.29 is 13.2 Å². The van der Waals surface area contributed by atoms with Gasteiger partial charge in [0.15, 0.2) is 0 Å². The number of nitrogens with zero attached hydrogens (tertiary/aromatic N) is 1. The molecule has 6 heteroatoms. The Kier molecular flexibility index (Phi) is 3.33. The Labute approximate surface area is 128 Å². The summed E-state index contributed by atoms with van der Waals surface area (Å²) >= 11 is 3.13. The number of benzene rings is 1. The van der Waals surface area contributed by atoms with Crippen LogP contribution in [0.2, 0.25) is 0 Å². The van der Waals surface area contributed by atoms with Crippen LogP contribution in [-0.4, -0.2) is 4.98 Å². The van der Waals surface area contributed by atoms with Crippen molar-refractivity contribution in [1.82, 2.24) is 4.98 Å². The van der Waals surface area contributed by atoms with Crippen LogP contribution in [0.3, 0.4) is 0 Å². The average molecular weight is 327 g/mol. The number of fused-ring (bicyclic) bond motifs is 1. The SMILES string of the molecule is Cc1sc(C)c(-c2nc3cc(C(F)(F)F)ccc3s2)c1C. The molecule has 1 aromatic carbocycles. The summed E-state index contributed by atoms with van der Waals surface area (Å²) in [4.78, 5) is 6.79. The zero-order valence-corrected chi connectivity index (χ0v) is 13.3. The van der Waals surface area contributed by atoms with E-state index in [1.54, 1.807) is 11.3 Å². The summed E-state index contributed by atoms with van der Waals surface area (Å²) in [6, 6.07) is 3.74. The van der Waals surface area contributed by atoms with Crippen LogP contribution in [0.1, 0.15) is 20.9 Å². The topological polar surface area (TPSA) is 12.9 Å². The number of hydrogen-bond acceptors (Lipinski definition) is 3. The number of alkyl halides is 3. The Hall–Kier alpha value is -1.40. The van der Waals surface area contributed by atoms with Crippen molar-refractivity contribution in [2.24, 2.45) is 0 Å². The lowest BCUT2D eigenvalue weighted by molar-refractivity contribution is -0.137. The molecule has 2 heterocycles. The number of halogens is 3. The van der Waals surface area contributed by atoms with Gasteiger partial charge in [-0.2, -0.15) is 13.2 Å². The molecule has 0 aliphatic rings. The predicted molar refractivity (Wildman–Crippen MR) is 82.1 cm³/mol. The van der Waals surface area contributed by atoms with Crippen molar-refractivity contribution in [2.45, 2.75) is 26.9 Å². The Balaban J connectivity index is 2.18. The second-order valence-electron chi connectivity index (χ2n) is 4.91. The number of thiazole rings is 1. The number of thiophene rings is 1. The fourth-order valence-corrected chi connectivity index (χ4v) is 4.56. The lowest BCUT2D eigenvalue weighted by atomic mass is 10.1. The smallest absolute Gasteiger partial charge is 0.236 e. The molecular formula is C15H12F3NS2. The van der Waals surface area contributed by atoms with Gasteiger partial charge in [0.05, 0.1) is 15.8 Å². The van der Waals surface area contributed by atoms with Gasteiger partial charge in [0.2, 0.25) is 0 Å². The van der Waals surface area contributed by atoms with Crippen molar-refractivity contribution in [3.63, 3.8) is 0 Å². The highest BCUT2D eigenvalue weighted by Crippen LogP contribution is 2.40. The monoisotopic (exact) mass is 327 g/mol. The van der Waals surface area contributed by atoms with Gasteiger partial charge in [-0.05, 0) is 44.5 Å². The van der Waals surface area contributed by atoms with E-state index in [1.165, 1.54) is 22.3 Å². The first-order valence-corrected chi connectivity index (χ1v) is 7.95. The van der Waals surface area contributed by atoms with E-state index in [9.17, 15) is 13.2 Å². The Morgan fingerprint density at radius 1 is 1.00 bits per heavy atom. The zero-order chi connectivity index (χ0) is 15.4. The minimum Gasteiger partial charge on any atom is -0.236 e. The molecule has 21 heavy (non-hydrogen) atoms. The van der Waals surface area contributed by atoms with E-state index in [1.807, 2.05) is 20.8 Å². The van der Waals surface area contributed by atoms with E-state index in [4.69, 9.17) is 0 Å². The summed E-state index contributed by atoms with van der Waals surface area (Å²) in [5, 5.41) is 0.795. The third kappa shape index (κ3) is 2.46. The average Bonchev–Trinajstić information content (AvgIpc) is 2.89. The fraction of sp³-hybridized carbons (Fsp3) is 0.267. The minimum atomic E-state index is -4.33. The first-order valence-electron chi connectivity index (χ1n) is 6.32. The van der Waals surface area contributed by atoms with Gasteiger partial charge in [0, 0.05) is 15.3 Å². The van der Waals surface area contributed by atoms with Crippen LogP contribution in [0, 0.1) is 20.8 Å². The van der Waals surface area contributed by atoms with Crippen molar-refractivity contribution in [3.05, 3.63) is 39.1 Å². The number of aromatic nitrogens is 1. The lowest BCUT2D eigenvalue weighted by Crippen LogP contribution is -2.03. The van der Waals surface area contributed by atoms with Crippen LogP contribution < -0.4 is 0 Å². The standard InChI is InChI=1S/C15H12F3NS2/c1-7-8(2)20-9(3)13(7)14-19-11-6-10(15(16,17)18)4-5-12(11)21-14/h4-6H,1-3H3. The second-order valence-corrected chi connectivity index (χ2v) is 7.37. The van der Waals surface area contributed by atoms with Gasteiger partial charge in [-0.25, -0.2) is 4.98 Å². The molecule has 0 unspecified atom stereocenters. The van der Waals surface area contributed by atoms with Gasteiger partial charge in [0.1, 0.15) is 5.01 Å². The molecule has 0 aliphatic carbocycles. The van der Waals surface area contributed by atoms with Crippen LogP contribution in [0.25, 0.3) is 20.8 Å². The molecule has 0 aliphatic heterocycles. The second kappa shape index (κ2) is 4.81. The van der Waals surface area contributed by atoms with E-state index in [-0.39, 0.29) is 0 Å². The van der Waals surface area contributed by atoms with E-state index in [2.05, 4.69) is 4.98 Å². The molecule has 0 bridgehead atoms. The molecular weight excluding hydrogens is 315 g/mol. The van der Waals surface area contributed by atoms with Gasteiger partial charge >= 0.3 is 6.18 Å². The highest BCUT2D eigenvalue weighted by atomic mass is 32.1. The van der Waals surface area contributed by atoms with Gasteiger partial charge in [-0.1, -0.05) is 0 Å². The van der Waals surface area contributed by atoms with Crippen LogP contribution in [0.4, 0.5) is 13.2 Å². The lowest BCUT2D eigenvalue weighted by Gasteiger charge is -2.04. The molecule has 3 rings (SSSR count). The summed E-state index contributed by atoms with van der Waals surface area (Å²) in [6.45, 7) is 6.10. The molecule has 1 nitrogen and oxygen atoms in total. The Bertz CT molecular complexity index is 827. The first-order chi connectivity index (χ1) is 9.77. The maximum absolute atomic E-state index is 12.8. The molecule has 0 spiro atoms. The summed E-state index contributed by atoms with van der Waals surface area (Å²) in [6.07, 6.45) is -4.33. The van der Waals surface area contributed by atoms with Crippen LogP contribution in [0.5, 0.6) is 0 Å². The zero-order valence-electron chi connectivity index (χ0n) is 11.6. The van der Waals surface area contributed by atoms with E-state index < -0.39 is 11.7 Å². The van der Waals surface area contributed by atoms with Crippen molar-refractivity contribution in [1.29, 1.82) is 0 Å². The van der Waals surface area contributed by atoms with Gasteiger partial charge in [-0.15, -0.1) is 22.7 Å². The molecule has 0 amide bonds. The van der Waals surface area contributed by atoms with E-state index >= 15 is 0 Å². The van der Waals surface area contributed by atoms with Crippen LogP contribution in [0.15, 0.2) is 18.2 Å². The Morgan fingerprint density at radius 3 is 2.29 bits per heavy atom. The normalized spacial score (nSPS) is 12.3. The van der Waals surface area contributed by atoms with Gasteiger partial charge in [0.25, 0.3) is 0 Å². The molecule has 0 saturated heterocycles. The molecule has 0 N–H and O–H groups in total. The summed E-state index contributed by atoms with van der Waals surface area (Å²) in [5.74, 6) is 0. The number of aryl methyl sites for hydroxylation is 2. The summed E-state index contributed by atoms with van der Waals surface area (Å²) in [7, 11) is 0. The molecule has 3 aromatic rings. The fourth-order valence-electron chi connectivity index (χ4n) is 2.32. The maximum Gasteiger partial charge on any atom is 0.416 e.